The van der Waals surface area contributed by atoms with Crippen LogP contribution in [-0.4, -0.2) is 9.76 Å². The van der Waals surface area contributed by atoms with Crippen LogP contribution in [0.1, 0.15) is 0 Å². The molecule has 0 bridgehead atoms. The van der Waals surface area contributed by atoms with Crippen LogP contribution in [0.25, 0.3) is 0 Å². The molecule has 0 rings (SSSR count). The van der Waals surface area contributed by atoms with Gasteiger partial charge in [-0.2, -0.15) is 0 Å². The second-order valence-corrected chi connectivity index (χ2v) is 0.986. The van der Waals surface area contributed by atoms with Crippen molar-refractivity contribution in [3.05, 3.63) is 0 Å². The molecule has 0 fully saturated rings. The van der Waals surface area contributed by atoms with Gasteiger partial charge in [-0.25, -0.2) is 0 Å². The summed E-state index contributed by atoms with van der Waals surface area (Å²) in [5.74, 6) is 0. The first-order valence-electron chi connectivity index (χ1n) is 0.880. The van der Waals surface area contributed by atoms with Gasteiger partial charge in [-0.05, 0) is 0 Å². The first kappa shape index (κ1) is 9.77. The maximum atomic E-state index is 8.77. The predicted molar refractivity (Wildman–Crippen MR) is 13.5 cm³/mol. The van der Waals surface area contributed by atoms with Crippen molar-refractivity contribution in [1.82, 2.24) is 0 Å². The molecule has 0 unspecified atom stereocenters. The second kappa shape index (κ2) is 17.6. The quantitative estimate of drug-likeness (QED) is 0.432. The fourth-order valence-electron chi connectivity index (χ4n) is 0. The van der Waals surface area contributed by atoms with Crippen LogP contribution < -0.4 is 0 Å². The Morgan fingerprint density at radius 1 is 1.00 bits per heavy atom. The average molecular weight is 260 g/mol. The van der Waals surface area contributed by atoms with E-state index >= 15 is 0 Å². The molecule has 4 heteroatoms. The van der Waals surface area contributed by atoms with Crippen molar-refractivity contribution in [2.75, 3.05) is 0 Å². The molecule has 6 heavy (non-hydrogen) atoms. The van der Waals surface area contributed by atoms with Crippen LogP contribution in [0.3, 0.4) is 0 Å². The van der Waals surface area contributed by atoms with Gasteiger partial charge in [0.05, 0.1) is 0 Å². The molecule has 0 saturated heterocycles. The van der Waals surface area contributed by atoms with Gasteiger partial charge in [0.2, 0.25) is 0 Å². The van der Waals surface area contributed by atoms with Gasteiger partial charge >= 0.3 is 56.0 Å². The van der Waals surface area contributed by atoms with Gasteiger partial charge in [0, 0.05) is 0 Å². The van der Waals surface area contributed by atoms with E-state index in [0.717, 1.165) is 0 Å². The predicted octanol–water partition coefficient (Wildman–Crippen LogP) is -0.553. The van der Waals surface area contributed by atoms with Gasteiger partial charge in [-0.1, -0.05) is 0 Å². The van der Waals surface area contributed by atoms with E-state index < -0.39 is 0 Å². The molecular formula is C2H2O2Ru2. The summed E-state index contributed by atoms with van der Waals surface area (Å²) in [7, 11) is 0. The van der Waals surface area contributed by atoms with Crippen LogP contribution in [0.4, 0.5) is 0 Å². The third-order valence-electron chi connectivity index (χ3n) is 0. The van der Waals surface area contributed by atoms with Gasteiger partial charge in [0.25, 0.3) is 0 Å². The van der Waals surface area contributed by atoms with E-state index in [1.807, 2.05) is 36.6 Å². The molecule has 0 aliphatic heterocycles. The molecule has 0 atom stereocenters. The molecular weight excluding hydrogens is 258 g/mol. The summed E-state index contributed by atoms with van der Waals surface area (Å²) in [6.45, 7) is 0. The molecule has 0 aromatic carbocycles. The van der Waals surface area contributed by atoms with Crippen molar-refractivity contribution in [2.24, 2.45) is 0 Å². The third-order valence-corrected chi connectivity index (χ3v) is 0. The molecule has 0 amide bonds. The van der Waals surface area contributed by atoms with Crippen molar-refractivity contribution >= 4 is 9.76 Å². The Bertz CT molecular complexity index is 30.5. The van der Waals surface area contributed by atoms with Crippen LogP contribution in [0.5, 0.6) is 0 Å². The van der Waals surface area contributed by atoms with Crippen molar-refractivity contribution in [1.29, 1.82) is 0 Å². The van der Waals surface area contributed by atoms with Gasteiger partial charge < -0.3 is 0 Å². The topological polar surface area (TPSA) is 34.1 Å². The van der Waals surface area contributed by atoms with E-state index in [1.54, 1.807) is 0 Å². The van der Waals surface area contributed by atoms with Crippen LogP contribution >= 0.6 is 0 Å². The normalized spacial score (nSPS) is 4.33. The van der Waals surface area contributed by atoms with Crippen LogP contribution in [0.15, 0.2) is 0 Å². The Morgan fingerprint density at radius 3 is 1.00 bits per heavy atom. The standard InChI is InChI=1S/2CHO.2Ru/c2*1-2;;/h2*1H;;. The first-order valence-corrected chi connectivity index (χ1v) is 2.89. The van der Waals surface area contributed by atoms with E-state index in [-0.39, 0.29) is 0 Å². The van der Waals surface area contributed by atoms with Gasteiger partial charge in [-0.3, -0.25) is 0 Å². The van der Waals surface area contributed by atoms with Crippen molar-refractivity contribution in [3.63, 3.8) is 0 Å². The molecule has 0 aliphatic rings. The average Bonchev–Trinajstić information content (AvgIpc) is 1.39. The fourth-order valence-corrected chi connectivity index (χ4v) is 0. The number of carbonyl (C=O) groups is 2. The maximum absolute atomic E-state index is 8.77. The molecule has 38 valence electrons. The molecule has 0 aromatic rings. The summed E-state index contributed by atoms with van der Waals surface area (Å²) in [5.41, 5.74) is 0. The summed E-state index contributed by atoms with van der Waals surface area (Å²) in [6, 6.07) is 0. The Balaban J connectivity index is 0. The molecule has 2 nitrogen and oxygen atoms in total. The third kappa shape index (κ3) is 171. The molecule has 0 heterocycles. The Kier molecular flexibility index (Phi) is 28.6. The molecule has 0 radical (unpaired) electrons. The Labute approximate surface area is 56.0 Å². The minimum atomic E-state index is 0.680. The van der Waals surface area contributed by atoms with Gasteiger partial charge in [0.15, 0.2) is 0 Å². The van der Waals surface area contributed by atoms with E-state index in [9.17, 15) is 0 Å². The zero-order valence-electron chi connectivity index (χ0n) is 2.68. The zero-order valence-corrected chi connectivity index (χ0v) is 6.15. The molecule has 0 aliphatic carbocycles. The molecule has 0 spiro atoms. The van der Waals surface area contributed by atoms with E-state index in [0.29, 0.717) is 9.76 Å². The number of carbonyl (C=O) groups excluding carboxylic acids is 2. The SMILES string of the molecule is O=[CH][Ru].O=[CH][Ru]. The van der Waals surface area contributed by atoms with Crippen molar-refractivity contribution in [3.8, 4) is 0 Å². The first-order chi connectivity index (χ1) is 2.83. The van der Waals surface area contributed by atoms with Crippen LogP contribution in [-0.2, 0) is 46.2 Å². The molecule has 0 saturated carbocycles. The van der Waals surface area contributed by atoms with Crippen LogP contribution in [0, 0.1) is 0 Å². The van der Waals surface area contributed by atoms with E-state index in [4.69, 9.17) is 9.59 Å². The summed E-state index contributed by atoms with van der Waals surface area (Å²) in [4.78, 5) is 18.9. The van der Waals surface area contributed by atoms with Crippen molar-refractivity contribution < 1.29 is 46.2 Å². The molecule has 0 aromatic heterocycles. The monoisotopic (exact) mass is 262 g/mol. The van der Waals surface area contributed by atoms with Gasteiger partial charge in [0.1, 0.15) is 0 Å². The van der Waals surface area contributed by atoms with Crippen LogP contribution in [0.2, 0.25) is 0 Å². The zero-order chi connectivity index (χ0) is 5.41. The summed E-state index contributed by atoms with van der Waals surface area (Å²) in [6.07, 6.45) is 0. The Hall–Kier alpha value is 0.587. The number of hydrogen-bond donors (Lipinski definition) is 0. The minimum absolute atomic E-state index is 0.680. The number of rotatable bonds is 0. The Morgan fingerprint density at radius 2 is 1.00 bits per heavy atom. The van der Waals surface area contributed by atoms with Crippen molar-refractivity contribution in [2.45, 2.75) is 0 Å². The van der Waals surface area contributed by atoms with Gasteiger partial charge in [-0.15, -0.1) is 0 Å². The molecule has 0 N–H and O–H groups in total. The second-order valence-electron chi connectivity index (χ2n) is 0.167. The van der Waals surface area contributed by atoms with E-state index in [2.05, 4.69) is 0 Å². The summed E-state index contributed by atoms with van der Waals surface area (Å²) in [5, 5.41) is 0. The van der Waals surface area contributed by atoms with E-state index in [1.165, 1.54) is 0 Å². The number of hydrogen-bond acceptors (Lipinski definition) is 2. The summed E-state index contributed by atoms with van der Waals surface area (Å²) >= 11 is 3.65. The summed E-state index contributed by atoms with van der Waals surface area (Å²) < 4.78 is 0. The fraction of sp³-hybridized carbons (Fsp3) is 0.